The molecule has 0 fully saturated rings. The molecule has 0 spiro atoms. The molecule has 0 aliphatic heterocycles. The number of nitro groups is 1. The van der Waals surface area contributed by atoms with Crippen molar-refractivity contribution < 1.29 is 22.9 Å². The summed E-state index contributed by atoms with van der Waals surface area (Å²) in [6, 6.07) is 11.3. The molecule has 10 heteroatoms. The molecule has 1 heterocycles. The normalized spacial score (nSPS) is 10.9. The molecule has 1 N–H and O–H groups in total. The first-order chi connectivity index (χ1) is 15.6. The van der Waals surface area contributed by atoms with Gasteiger partial charge in [0.1, 0.15) is 11.4 Å². The summed E-state index contributed by atoms with van der Waals surface area (Å²) in [5, 5.41) is 17.9. The molecule has 0 unspecified atom stereocenters. The number of hydrogen-bond acceptors (Lipinski definition) is 4. The molecule has 0 radical (unpaired) electrons. The van der Waals surface area contributed by atoms with Gasteiger partial charge in [-0.3, -0.25) is 19.6 Å². The van der Waals surface area contributed by atoms with E-state index in [1.54, 1.807) is 38.1 Å². The van der Waals surface area contributed by atoms with Crippen LogP contribution in [0, 0.1) is 35.8 Å². The maximum Gasteiger partial charge on any atom is 0.416 e. The van der Waals surface area contributed by atoms with Gasteiger partial charge in [-0.05, 0) is 49.7 Å². The second-order valence-electron chi connectivity index (χ2n) is 7.19. The molecular weight excluding hydrogens is 437 g/mol. The van der Waals surface area contributed by atoms with E-state index in [2.05, 4.69) is 22.3 Å². The predicted molar refractivity (Wildman–Crippen MR) is 115 cm³/mol. The molecule has 0 saturated heterocycles. The van der Waals surface area contributed by atoms with Gasteiger partial charge in [0.2, 0.25) is 0 Å². The Hall–Kier alpha value is -4.13. The van der Waals surface area contributed by atoms with Crippen LogP contribution in [-0.4, -0.2) is 27.2 Å². The summed E-state index contributed by atoms with van der Waals surface area (Å²) >= 11 is 0. The Balaban J connectivity index is 1.59. The van der Waals surface area contributed by atoms with Crippen molar-refractivity contribution in [3.8, 4) is 11.8 Å². The average Bonchev–Trinajstić information content (AvgIpc) is 3.04. The van der Waals surface area contributed by atoms with Gasteiger partial charge in [0, 0.05) is 11.1 Å². The van der Waals surface area contributed by atoms with Crippen LogP contribution < -0.4 is 5.32 Å². The number of rotatable bonds is 5. The van der Waals surface area contributed by atoms with E-state index in [0.717, 1.165) is 17.7 Å². The van der Waals surface area contributed by atoms with Crippen LogP contribution in [-0.2, 0) is 12.7 Å². The van der Waals surface area contributed by atoms with Gasteiger partial charge in [0.05, 0.1) is 23.6 Å². The number of hydrogen-bond donors (Lipinski definition) is 1. The highest BCUT2D eigenvalue weighted by Gasteiger charge is 2.30. The lowest BCUT2D eigenvalue weighted by molar-refractivity contribution is -0.386. The number of amides is 1. The van der Waals surface area contributed by atoms with E-state index in [1.165, 1.54) is 16.8 Å². The summed E-state index contributed by atoms with van der Waals surface area (Å²) in [6.07, 6.45) is -4.44. The van der Waals surface area contributed by atoms with Gasteiger partial charge >= 0.3 is 11.9 Å². The van der Waals surface area contributed by atoms with Crippen molar-refractivity contribution in [3.05, 3.63) is 92.3 Å². The van der Waals surface area contributed by atoms with Crippen molar-refractivity contribution in [2.45, 2.75) is 26.6 Å². The molecule has 0 atom stereocenters. The van der Waals surface area contributed by atoms with Gasteiger partial charge in [0.15, 0.2) is 0 Å². The van der Waals surface area contributed by atoms with Crippen molar-refractivity contribution >= 4 is 11.6 Å². The van der Waals surface area contributed by atoms with Crippen molar-refractivity contribution in [3.63, 3.8) is 0 Å². The van der Waals surface area contributed by atoms with Crippen molar-refractivity contribution in [1.29, 1.82) is 0 Å². The number of carbonyl (C=O) groups is 1. The van der Waals surface area contributed by atoms with Crippen LogP contribution in [0.2, 0.25) is 0 Å². The largest absolute Gasteiger partial charge is 0.416 e. The Kier molecular flexibility index (Phi) is 6.82. The summed E-state index contributed by atoms with van der Waals surface area (Å²) in [4.78, 5) is 22.9. The van der Waals surface area contributed by atoms with E-state index in [4.69, 9.17) is 0 Å². The molecule has 1 aromatic heterocycles. The molecule has 33 heavy (non-hydrogen) atoms. The first kappa shape index (κ1) is 23.5. The van der Waals surface area contributed by atoms with Crippen LogP contribution in [0.3, 0.4) is 0 Å². The molecule has 3 aromatic rings. The van der Waals surface area contributed by atoms with Crippen LogP contribution in [0.1, 0.15) is 38.4 Å². The zero-order valence-electron chi connectivity index (χ0n) is 17.7. The summed E-state index contributed by atoms with van der Waals surface area (Å²) in [6.45, 7) is 3.47. The summed E-state index contributed by atoms with van der Waals surface area (Å²) < 4.78 is 39.7. The number of aromatic nitrogens is 2. The Morgan fingerprint density at radius 3 is 2.48 bits per heavy atom. The SMILES string of the molecule is Cc1nn(Cc2ccc(C(=O)NCC#Cc3cccc(C(F)(F)F)c3)cc2)c(C)c1[N+](=O)[O-]. The molecule has 1 amide bonds. The zero-order valence-corrected chi connectivity index (χ0v) is 17.7. The topological polar surface area (TPSA) is 90.1 Å². The molecule has 3 rings (SSSR count). The third-order valence-electron chi connectivity index (χ3n) is 4.83. The molecule has 170 valence electrons. The molecule has 0 aliphatic rings. The maximum atomic E-state index is 12.7. The van der Waals surface area contributed by atoms with Gasteiger partial charge in [0.25, 0.3) is 5.91 Å². The Morgan fingerprint density at radius 1 is 1.18 bits per heavy atom. The van der Waals surface area contributed by atoms with Crippen LogP contribution in [0.4, 0.5) is 18.9 Å². The third kappa shape index (κ3) is 5.77. The molecule has 7 nitrogen and oxygen atoms in total. The summed E-state index contributed by atoms with van der Waals surface area (Å²) in [7, 11) is 0. The Morgan fingerprint density at radius 2 is 1.88 bits per heavy atom. The predicted octanol–water partition coefficient (Wildman–Crippen LogP) is 4.26. The second kappa shape index (κ2) is 9.56. The zero-order chi connectivity index (χ0) is 24.2. The van der Waals surface area contributed by atoms with Gasteiger partial charge in [-0.2, -0.15) is 18.3 Å². The summed E-state index contributed by atoms with van der Waals surface area (Å²) in [5.41, 5.74) is 1.35. The van der Waals surface area contributed by atoms with E-state index in [-0.39, 0.29) is 23.7 Å². The highest BCUT2D eigenvalue weighted by molar-refractivity contribution is 5.94. The quantitative estimate of drug-likeness (QED) is 0.353. The van der Waals surface area contributed by atoms with E-state index in [0.29, 0.717) is 23.5 Å². The van der Waals surface area contributed by atoms with E-state index in [9.17, 15) is 28.1 Å². The number of halogens is 3. The average molecular weight is 456 g/mol. The second-order valence-corrected chi connectivity index (χ2v) is 7.19. The standard InChI is InChI=1S/C23H19F3N4O3/c1-15-21(30(32)33)16(2)29(28-15)14-18-8-10-19(11-9-18)22(31)27-12-4-6-17-5-3-7-20(13-17)23(24,25)26/h3,5,7-11,13H,12,14H2,1-2H3,(H,27,31). The fraction of sp³-hybridized carbons (Fsp3) is 0.217. The minimum atomic E-state index is -4.44. The van der Waals surface area contributed by atoms with Gasteiger partial charge in [-0.1, -0.05) is 30.0 Å². The third-order valence-corrected chi connectivity index (χ3v) is 4.83. The van der Waals surface area contributed by atoms with E-state index in [1.807, 2.05) is 0 Å². The fourth-order valence-electron chi connectivity index (χ4n) is 3.19. The number of alkyl halides is 3. The number of nitrogens with zero attached hydrogens (tertiary/aromatic N) is 3. The minimum Gasteiger partial charge on any atom is -0.341 e. The first-order valence-corrected chi connectivity index (χ1v) is 9.78. The maximum absolute atomic E-state index is 12.7. The van der Waals surface area contributed by atoms with Gasteiger partial charge in [-0.15, -0.1) is 0 Å². The smallest absolute Gasteiger partial charge is 0.341 e. The van der Waals surface area contributed by atoms with Crippen LogP contribution in [0.25, 0.3) is 0 Å². The minimum absolute atomic E-state index is 0.0164. The lowest BCUT2D eigenvalue weighted by Gasteiger charge is -2.06. The molecular formula is C23H19F3N4O3. The number of carbonyl (C=O) groups excluding carboxylic acids is 1. The lowest BCUT2D eigenvalue weighted by Crippen LogP contribution is -2.23. The molecule has 0 aliphatic carbocycles. The van der Waals surface area contributed by atoms with E-state index >= 15 is 0 Å². The number of benzene rings is 2. The van der Waals surface area contributed by atoms with Crippen LogP contribution >= 0.6 is 0 Å². The highest BCUT2D eigenvalue weighted by Crippen LogP contribution is 2.29. The molecule has 0 saturated carbocycles. The van der Waals surface area contributed by atoms with Gasteiger partial charge in [-0.25, -0.2) is 0 Å². The van der Waals surface area contributed by atoms with Crippen molar-refractivity contribution in [1.82, 2.24) is 15.1 Å². The van der Waals surface area contributed by atoms with Crippen molar-refractivity contribution in [2.24, 2.45) is 0 Å². The lowest BCUT2D eigenvalue weighted by atomic mass is 10.1. The fourth-order valence-corrected chi connectivity index (χ4v) is 3.19. The van der Waals surface area contributed by atoms with Crippen LogP contribution in [0.15, 0.2) is 48.5 Å². The first-order valence-electron chi connectivity index (χ1n) is 9.78. The van der Waals surface area contributed by atoms with Crippen molar-refractivity contribution in [2.75, 3.05) is 6.54 Å². The monoisotopic (exact) mass is 456 g/mol. The van der Waals surface area contributed by atoms with Gasteiger partial charge < -0.3 is 5.32 Å². The highest BCUT2D eigenvalue weighted by atomic mass is 19.4. The van der Waals surface area contributed by atoms with Crippen LogP contribution in [0.5, 0.6) is 0 Å². The molecule has 2 aromatic carbocycles. The molecule has 0 bridgehead atoms. The number of nitrogens with one attached hydrogen (secondary N) is 1. The summed E-state index contributed by atoms with van der Waals surface area (Å²) in [5.74, 6) is 4.84. The Bertz CT molecular complexity index is 1250. The number of aryl methyl sites for hydroxylation is 1. The van der Waals surface area contributed by atoms with E-state index < -0.39 is 16.7 Å². The Labute approximate surface area is 187 Å².